The van der Waals surface area contributed by atoms with Crippen LogP contribution in [0.25, 0.3) is 0 Å². The van der Waals surface area contributed by atoms with E-state index < -0.39 is 18.2 Å². The van der Waals surface area contributed by atoms with E-state index in [0.717, 1.165) is 30.5 Å². The Labute approximate surface area is 216 Å². The van der Waals surface area contributed by atoms with Crippen molar-refractivity contribution >= 4 is 29.9 Å². The molecule has 2 atom stereocenters. The van der Waals surface area contributed by atoms with Gasteiger partial charge in [-0.25, -0.2) is 13.2 Å². The molecule has 0 fully saturated rings. The fourth-order valence-corrected chi connectivity index (χ4v) is 6.68. The number of fused-ring (bicyclic) bond motifs is 2. The second kappa shape index (κ2) is 9.83. The van der Waals surface area contributed by atoms with Crippen LogP contribution in [0.2, 0.25) is 18.1 Å². The van der Waals surface area contributed by atoms with Crippen molar-refractivity contribution < 1.29 is 22.4 Å². The molecule has 2 unspecified atom stereocenters. The van der Waals surface area contributed by atoms with Crippen LogP contribution < -0.4 is 15.4 Å². The van der Waals surface area contributed by atoms with E-state index in [2.05, 4.69) is 50.6 Å². The van der Waals surface area contributed by atoms with Crippen molar-refractivity contribution in [3.63, 3.8) is 0 Å². The zero-order valence-corrected chi connectivity index (χ0v) is 23.9. The van der Waals surface area contributed by atoms with Gasteiger partial charge >= 0.3 is 6.03 Å². The van der Waals surface area contributed by atoms with Crippen molar-refractivity contribution in [1.82, 2.24) is 5.32 Å². The Morgan fingerprint density at radius 2 is 1.89 bits per heavy atom. The quantitative estimate of drug-likeness (QED) is 0.490. The number of carbonyl (C=O) groups excluding carboxylic acids is 1. The van der Waals surface area contributed by atoms with Crippen LogP contribution >= 0.6 is 0 Å². The third kappa shape index (κ3) is 5.79. The molecule has 1 aliphatic carbocycles. The minimum absolute atomic E-state index is 0.140. The summed E-state index contributed by atoms with van der Waals surface area (Å²) in [4.78, 5) is 13.3. The van der Waals surface area contributed by atoms with Crippen LogP contribution in [0.3, 0.4) is 0 Å². The van der Waals surface area contributed by atoms with E-state index in [0.29, 0.717) is 24.3 Å². The molecule has 2 N–H and O–H groups in total. The van der Waals surface area contributed by atoms with E-state index in [1.807, 2.05) is 12.1 Å². The molecule has 0 bridgehead atoms. The second-order valence-corrected chi connectivity index (χ2v) is 18.2. The molecule has 196 valence electrons. The first-order valence-corrected chi connectivity index (χ1v) is 17.4. The Bertz CT molecular complexity index is 1250. The Morgan fingerprint density at radius 3 is 2.58 bits per heavy atom. The maximum atomic E-state index is 13.1. The lowest BCUT2D eigenvalue weighted by molar-refractivity contribution is 0.165. The first-order valence-electron chi connectivity index (χ1n) is 12.6. The van der Waals surface area contributed by atoms with Gasteiger partial charge in [0.15, 0.2) is 18.2 Å². The monoisotopic (exact) mass is 530 g/mol. The predicted octanol–water partition coefficient (Wildman–Crippen LogP) is 5.61. The lowest BCUT2D eigenvalue weighted by atomic mass is 9.88. The third-order valence-corrected chi connectivity index (χ3v) is 13.4. The van der Waals surface area contributed by atoms with Crippen molar-refractivity contribution in [1.29, 1.82) is 0 Å². The maximum absolute atomic E-state index is 13.1. The normalized spacial score (nSPS) is 20.1. The van der Waals surface area contributed by atoms with E-state index in [1.165, 1.54) is 17.9 Å². The second-order valence-electron chi connectivity index (χ2n) is 11.4. The van der Waals surface area contributed by atoms with Crippen LogP contribution in [0.15, 0.2) is 41.3 Å². The summed E-state index contributed by atoms with van der Waals surface area (Å²) in [6, 6.07) is 10.2. The topological polar surface area (TPSA) is 93.7 Å². The van der Waals surface area contributed by atoms with Gasteiger partial charge in [0, 0.05) is 30.0 Å². The molecule has 9 heteroatoms. The zero-order chi connectivity index (χ0) is 26.3. The van der Waals surface area contributed by atoms with Gasteiger partial charge < -0.3 is 19.8 Å². The summed E-state index contributed by atoms with van der Waals surface area (Å²) < 4.78 is 36.5. The van der Waals surface area contributed by atoms with Crippen LogP contribution in [0, 0.1) is 0 Å². The summed E-state index contributed by atoms with van der Waals surface area (Å²) in [6.45, 7) is 11.8. The first-order chi connectivity index (χ1) is 16.7. The van der Waals surface area contributed by atoms with Crippen LogP contribution in [0.5, 0.6) is 5.75 Å². The van der Waals surface area contributed by atoms with Crippen molar-refractivity contribution in [3.05, 3.63) is 53.1 Å². The highest BCUT2D eigenvalue weighted by molar-refractivity contribution is 7.90. The van der Waals surface area contributed by atoms with E-state index >= 15 is 0 Å². The molecule has 2 aliphatic rings. The van der Waals surface area contributed by atoms with E-state index in [-0.39, 0.29) is 28.1 Å². The molecule has 1 aliphatic heterocycles. The van der Waals surface area contributed by atoms with Crippen molar-refractivity contribution in [2.24, 2.45) is 0 Å². The van der Waals surface area contributed by atoms with Crippen molar-refractivity contribution in [2.45, 2.75) is 81.6 Å². The standard InChI is InChI=1S/C27H38N2O5SSi/c1-27(2,3)36(5,6)34-19-11-10-18-8-7-9-23(21(18)16-19)28-26(30)29-24-14-15-33-25-13-12-20(17-22(24)25)35(4,31)32/h7-9,12-13,17,19,24H,10-11,14-16H2,1-6H3,(H2,28,29,30). The Kier molecular flexibility index (Phi) is 7.29. The first kappa shape index (κ1) is 26.7. The van der Waals surface area contributed by atoms with Gasteiger partial charge in [0.1, 0.15) is 5.75 Å². The summed E-state index contributed by atoms with van der Waals surface area (Å²) in [6.07, 6.45) is 4.55. The SMILES string of the molecule is CC(C)(C)[Si](C)(C)OC1CCc2cccc(NC(=O)NC3CCOc4ccc(S(C)(=O)=O)cc43)c2C1. The molecule has 1 heterocycles. The number of sulfone groups is 1. The number of anilines is 1. The average molecular weight is 531 g/mol. The molecule has 2 aromatic rings. The van der Waals surface area contributed by atoms with Crippen LogP contribution in [0.1, 0.15) is 56.3 Å². The number of benzene rings is 2. The number of hydrogen-bond acceptors (Lipinski definition) is 5. The number of nitrogens with one attached hydrogen (secondary N) is 2. The maximum Gasteiger partial charge on any atom is 0.319 e. The van der Waals surface area contributed by atoms with Gasteiger partial charge in [-0.2, -0.15) is 0 Å². The van der Waals surface area contributed by atoms with Crippen LogP contribution in [-0.2, 0) is 27.1 Å². The molecular weight excluding hydrogens is 492 g/mol. The molecule has 4 rings (SSSR count). The Morgan fingerprint density at radius 1 is 1.14 bits per heavy atom. The minimum atomic E-state index is -3.37. The summed E-state index contributed by atoms with van der Waals surface area (Å²) in [7, 11) is -5.27. The molecule has 7 nitrogen and oxygen atoms in total. The predicted molar refractivity (Wildman–Crippen MR) is 145 cm³/mol. The minimum Gasteiger partial charge on any atom is -0.493 e. The summed E-state index contributed by atoms with van der Waals surface area (Å²) in [5.74, 6) is 0.599. The number of hydrogen-bond donors (Lipinski definition) is 2. The van der Waals surface area contributed by atoms with Crippen LogP contribution in [0.4, 0.5) is 10.5 Å². The lowest BCUT2D eigenvalue weighted by Crippen LogP contribution is -2.45. The molecule has 0 radical (unpaired) electrons. The highest BCUT2D eigenvalue weighted by atomic mass is 32.2. The van der Waals surface area contributed by atoms with Crippen molar-refractivity contribution in [3.8, 4) is 5.75 Å². The molecule has 0 aromatic heterocycles. The van der Waals surface area contributed by atoms with E-state index in [9.17, 15) is 13.2 Å². The average Bonchev–Trinajstić information content (AvgIpc) is 2.78. The molecule has 2 aromatic carbocycles. The largest absolute Gasteiger partial charge is 0.493 e. The van der Waals surface area contributed by atoms with E-state index in [4.69, 9.17) is 9.16 Å². The van der Waals surface area contributed by atoms with Gasteiger partial charge in [-0.3, -0.25) is 0 Å². The number of ether oxygens (including phenoxy) is 1. The lowest BCUT2D eigenvalue weighted by Gasteiger charge is -2.40. The molecule has 2 amide bonds. The van der Waals surface area contributed by atoms with Gasteiger partial charge in [0.2, 0.25) is 0 Å². The van der Waals surface area contributed by atoms with Crippen molar-refractivity contribution in [2.75, 3.05) is 18.2 Å². The van der Waals surface area contributed by atoms with Gasteiger partial charge in [-0.05, 0) is 72.8 Å². The molecule has 0 spiro atoms. The Hall–Kier alpha value is -2.36. The summed E-state index contributed by atoms with van der Waals surface area (Å²) in [5.41, 5.74) is 3.86. The molecule has 36 heavy (non-hydrogen) atoms. The third-order valence-electron chi connectivity index (χ3n) is 7.71. The highest BCUT2D eigenvalue weighted by Gasteiger charge is 2.40. The molecule has 0 saturated heterocycles. The summed E-state index contributed by atoms with van der Waals surface area (Å²) >= 11 is 0. The van der Waals surface area contributed by atoms with Gasteiger partial charge in [-0.1, -0.05) is 32.9 Å². The smallest absolute Gasteiger partial charge is 0.319 e. The molecular formula is C27H38N2O5SSi. The number of urea groups is 1. The van der Waals surface area contributed by atoms with Gasteiger partial charge in [0.25, 0.3) is 0 Å². The number of amides is 2. The number of aryl methyl sites for hydroxylation is 1. The van der Waals surface area contributed by atoms with E-state index in [1.54, 1.807) is 12.1 Å². The fraction of sp³-hybridized carbons (Fsp3) is 0.519. The van der Waals surface area contributed by atoms with Gasteiger partial charge in [0.05, 0.1) is 17.5 Å². The Balaban J connectivity index is 1.49. The van der Waals surface area contributed by atoms with Crippen LogP contribution in [-0.4, -0.2) is 41.7 Å². The number of carbonyl (C=O) groups is 1. The summed E-state index contributed by atoms with van der Waals surface area (Å²) in [5, 5.41) is 6.22. The van der Waals surface area contributed by atoms with Gasteiger partial charge in [-0.15, -0.1) is 0 Å². The molecule has 0 saturated carbocycles. The zero-order valence-electron chi connectivity index (χ0n) is 22.1. The fourth-order valence-electron chi connectivity index (χ4n) is 4.64. The highest BCUT2D eigenvalue weighted by Crippen LogP contribution is 2.40. The number of rotatable bonds is 5.